The van der Waals surface area contributed by atoms with E-state index >= 15 is 0 Å². The van der Waals surface area contributed by atoms with E-state index < -0.39 is 0 Å². The second-order valence-corrected chi connectivity index (χ2v) is 9.60. The van der Waals surface area contributed by atoms with Crippen molar-refractivity contribution in [3.05, 3.63) is 109 Å². The van der Waals surface area contributed by atoms with Crippen LogP contribution in [0.1, 0.15) is 11.6 Å². The first kappa shape index (κ1) is 26.8. The number of carbonyl (C=O) groups excluding carboxylic acids is 1. The lowest BCUT2D eigenvalue weighted by Gasteiger charge is -2.18. The average molecular weight is 534 g/mol. The zero-order valence-corrected chi connectivity index (χ0v) is 22.4. The van der Waals surface area contributed by atoms with Gasteiger partial charge in [0.05, 0.1) is 18.0 Å². The molecule has 3 aromatic carbocycles. The topological polar surface area (TPSA) is 104 Å². The van der Waals surface area contributed by atoms with Crippen molar-refractivity contribution in [1.82, 2.24) is 14.9 Å². The van der Waals surface area contributed by atoms with E-state index in [0.717, 1.165) is 22.3 Å². The number of hydrogen-bond acceptors (Lipinski definition) is 7. The summed E-state index contributed by atoms with van der Waals surface area (Å²) >= 11 is 0. The van der Waals surface area contributed by atoms with Gasteiger partial charge in [0.2, 0.25) is 11.6 Å². The normalized spacial score (nSPS) is 12.2. The van der Waals surface area contributed by atoms with Gasteiger partial charge in [0.1, 0.15) is 17.9 Å². The van der Waals surface area contributed by atoms with Crippen LogP contribution in [0.4, 0.5) is 11.5 Å². The highest BCUT2D eigenvalue weighted by molar-refractivity contribution is 6.07. The van der Waals surface area contributed by atoms with Crippen molar-refractivity contribution in [3.8, 4) is 22.5 Å². The minimum Gasteiger partial charge on any atom is -0.437 e. The molecule has 0 saturated heterocycles. The van der Waals surface area contributed by atoms with Gasteiger partial charge in [-0.15, -0.1) is 0 Å². The second kappa shape index (κ2) is 12.4. The molecule has 1 atom stereocenters. The summed E-state index contributed by atoms with van der Waals surface area (Å²) < 4.78 is 6.34. The fourth-order valence-corrected chi connectivity index (χ4v) is 4.50. The predicted molar refractivity (Wildman–Crippen MR) is 159 cm³/mol. The number of hydrogen-bond donors (Lipinski definition) is 3. The molecule has 3 N–H and O–H groups in total. The van der Waals surface area contributed by atoms with E-state index in [0.29, 0.717) is 34.9 Å². The molecule has 0 aliphatic carbocycles. The molecule has 5 rings (SSSR count). The second-order valence-electron chi connectivity index (χ2n) is 9.60. The van der Waals surface area contributed by atoms with Crippen LogP contribution in [-0.4, -0.2) is 53.1 Å². The summed E-state index contributed by atoms with van der Waals surface area (Å²) in [6.45, 7) is 0.541. The van der Waals surface area contributed by atoms with Crippen LogP contribution >= 0.6 is 0 Å². The number of carbonyl (C=O) groups is 1. The Kier molecular flexibility index (Phi) is 8.29. The van der Waals surface area contributed by atoms with Gasteiger partial charge in [0, 0.05) is 29.4 Å². The third-order valence-corrected chi connectivity index (χ3v) is 6.38. The molecule has 1 amide bonds. The van der Waals surface area contributed by atoms with Crippen LogP contribution in [0, 0.1) is 0 Å². The molecular weight excluding hydrogens is 502 g/mol. The first-order valence-corrected chi connectivity index (χ1v) is 13.0. The zero-order valence-electron chi connectivity index (χ0n) is 22.4. The summed E-state index contributed by atoms with van der Waals surface area (Å²) in [6.07, 6.45) is 4.79. The molecule has 2 aromatic heterocycles. The van der Waals surface area contributed by atoms with Gasteiger partial charge in [-0.3, -0.25) is 4.79 Å². The van der Waals surface area contributed by atoms with Gasteiger partial charge in [-0.05, 0) is 37.4 Å². The van der Waals surface area contributed by atoms with Gasteiger partial charge in [-0.1, -0.05) is 78.9 Å². The van der Waals surface area contributed by atoms with E-state index in [-0.39, 0.29) is 18.6 Å². The molecule has 0 bridgehead atoms. The van der Waals surface area contributed by atoms with Gasteiger partial charge in [0.15, 0.2) is 0 Å². The summed E-state index contributed by atoms with van der Waals surface area (Å²) in [4.78, 5) is 23.5. The van der Waals surface area contributed by atoms with E-state index in [1.807, 2.05) is 110 Å². The molecule has 40 heavy (non-hydrogen) atoms. The number of amides is 1. The number of aromatic nitrogens is 2. The van der Waals surface area contributed by atoms with E-state index in [1.165, 1.54) is 12.4 Å². The van der Waals surface area contributed by atoms with E-state index in [2.05, 4.69) is 20.6 Å². The number of likely N-dealkylation sites (N-methyl/N-ethyl adjacent to an activating group) is 1. The van der Waals surface area contributed by atoms with Crippen LogP contribution in [-0.2, 0) is 4.79 Å². The van der Waals surface area contributed by atoms with Crippen LogP contribution in [0.15, 0.2) is 108 Å². The first-order valence-electron chi connectivity index (χ1n) is 13.0. The van der Waals surface area contributed by atoms with E-state index in [4.69, 9.17) is 4.42 Å². The Labute approximate surface area is 233 Å². The Hall–Kier alpha value is -4.79. The molecule has 0 fully saturated rings. The molecular formula is C32H31N5O3. The van der Waals surface area contributed by atoms with Crippen LogP contribution in [0.3, 0.4) is 0 Å². The number of rotatable bonds is 10. The molecule has 0 aliphatic heterocycles. The van der Waals surface area contributed by atoms with E-state index in [1.54, 1.807) is 0 Å². The fraction of sp³-hybridized carbons (Fsp3) is 0.156. The Balaban J connectivity index is 1.60. The number of furan rings is 1. The van der Waals surface area contributed by atoms with E-state index in [9.17, 15) is 9.90 Å². The summed E-state index contributed by atoms with van der Waals surface area (Å²) in [5, 5.41) is 17.2. The summed E-state index contributed by atoms with van der Waals surface area (Å²) in [7, 11) is 3.89. The molecule has 1 unspecified atom stereocenters. The van der Waals surface area contributed by atoms with Gasteiger partial charge >= 0.3 is 0 Å². The first-order chi connectivity index (χ1) is 19.5. The van der Waals surface area contributed by atoms with Crippen molar-refractivity contribution in [2.75, 3.05) is 37.9 Å². The Morgan fingerprint density at radius 3 is 2.42 bits per heavy atom. The molecule has 0 aliphatic rings. The van der Waals surface area contributed by atoms with Crippen LogP contribution in [0.5, 0.6) is 0 Å². The molecule has 0 saturated carbocycles. The number of aliphatic hydroxyl groups excluding tert-OH is 1. The minimum absolute atomic E-state index is 0.128. The molecule has 0 radical (unpaired) electrons. The standard InChI is InChI=1S/C32H31N5O3/c1-37(2)18-10-17-27(39)35-25-16-9-15-24(19-25)28-29-31(36-26(20-38)22-11-5-3-6-12-22)33-21-34-32(29)40-30(28)23-13-7-4-8-14-23/h3-17,19,21,26,38H,18,20H2,1-2H3,(H,35,39)(H,33,34,36). The van der Waals surface area contributed by atoms with Gasteiger partial charge in [-0.2, -0.15) is 0 Å². The third-order valence-electron chi connectivity index (χ3n) is 6.38. The summed E-state index contributed by atoms with van der Waals surface area (Å²) in [6, 6.07) is 26.7. The molecule has 2 heterocycles. The fourth-order valence-electron chi connectivity index (χ4n) is 4.50. The average Bonchev–Trinajstić information content (AvgIpc) is 3.37. The summed E-state index contributed by atoms with van der Waals surface area (Å²) in [5.74, 6) is 0.960. The highest BCUT2D eigenvalue weighted by Crippen LogP contribution is 2.43. The van der Waals surface area contributed by atoms with Gasteiger partial charge in [-0.25, -0.2) is 9.97 Å². The highest BCUT2D eigenvalue weighted by atomic mass is 16.3. The Morgan fingerprint density at radius 1 is 0.975 bits per heavy atom. The molecule has 0 spiro atoms. The van der Waals surface area contributed by atoms with Crippen molar-refractivity contribution >= 4 is 28.5 Å². The van der Waals surface area contributed by atoms with Crippen molar-refractivity contribution in [2.24, 2.45) is 0 Å². The van der Waals surface area contributed by atoms with Crippen LogP contribution in [0.25, 0.3) is 33.6 Å². The van der Waals surface area contributed by atoms with Crippen molar-refractivity contribution in [2.45, 2.75) is 6.04 Å². The molecule has 8 nitrogen and oxygen atoms in total. The number of nitrogens with one attached hydrogen (secondary N) is 2. The monoisotopic (exact) mass is 533 g/mol. The summed E-state index contributed by atoms with van der Waals surface area (Å²) in [5.41, 5.74) is 4.48. The van der Waals surface area contributed by atoms with Crippen LogP contribution < -0.4 is 10.6 Å². The predicted octanol–water partition coefficient (Wildman–Crippen LogP) is 5.76. The van der Waals surface area contributed by atoms with Crippen molar-refractivity contribution in [1.29, 1.82) is 0 Å². The zero-order chi connectivity index (χ0) is 27.9. The number of anilines is 2. The lowest BCUT2D eigenvalue weighted by molar-refractivity contribution is -0.111. The minimum atomic E-state index is -0.387. The smallest absolute Gasteiger partial charge is 0.248 e. The highest BCUT2D eigenvalue weighted by Gasteiger charge is 2.24. The quantitative estimate of drug-likeness (QED) is 0.196. The number of fused-ring (bicyclic) bond motifs is 1. The van der Waals surface area contributed by atoms with Gasteiger partial charge in [0.25, 0.3) is 0 Å². The molecule has 5 aromatic rings. The number of nitrogens with zero attached hydrogens (tertiary/aromatic N) is 3. The lowest BCUT2D eigenvalue weighted by atomic mass is 9.98. The molecule has 202 valence electrons. The SMILES string of the molecule is CN(C)CC=CC(=O)Nc1cccc(-c2c(-c3ccccc3)oc3ncnc(NC(CO)c4ccccc4)c23)c1. The maximum Gasteiger partial charge on any atom is 0.248 e. The molecule has 8 heteroatoms. The Morgan fingerprint density at radius 2 is 1.70 bits per heavy atom. The van der Waals surface area contributed by atoms with Gasteiger partial charge < -0.3 is 25.1 Å². The van der Waals surface area contributed by atoms with Crippen molar-refractivity contribution < 1.29 is 14.3 Å². The Bertz CT molecular complexity index is 1610. The maximum absolute atomic E-state index is 12.5. The third kappa shape index (κ3) is 6.09. The van der Waals surface area contributed by atoms with Crippen LogP contribution in [0.2, 0.25) is 0 Å². The number of aliphatic hydroxyl groups is 1. The largest absolute Gasteiger partial charge is 0.437 e. The van der Waals surface area contributed by atoms with Crippen molar-refractivity contribution in [3.63, 3.8) is 0 Å². The number of benzene rings is 3. The maximum atomic E-state index is 12.5. The lowest BCUT2D eigenvalue weighted by Crippen LogP contribution is -2.16.